The highest BCUT2D eigenvalue weighted by Crippen LogP contribution is 2.26. The number of nitrogens with two attached hydrogens (primary N) is 1. The van der Waals surface area contributed by atoms with Gasteiger partial charge in [0.1, 0.15) is 5.82 Å². The van der Waals surface area contributed by atoms with Gasteiger partial charge in [-0.05, 0) is 44.2 Å². The molecule has 0 aliphatic carbocycles. The normalized spacial score (nSPS) is 19.3. The lowest BCUT2D eigenvalue weighted by atomic mass is 9.94. The summed E-state index contributed by atoms with van der Waals surface area (Å²) in [5, 5.41) is 0. The van der Waals surface area contributed by atoms with Crippen LogP contribution in [0.5, 0.6) is 0 Å². The molecule has 128 valence electrons. The Morgan fingerprint density at radius 3 is 2.62 bits per heavy atom. The predicted molar refractivity (Wildman–Crippen MR) is 92.8 cm³/mol. The SMILES string of the molecule is Cc1ccc(S(=O)(=O)N2CCCC(Cc3nccnc3N)C2)cc1. The largest absolute Gasteiger partial charge is 0.382 e. The topological polar surface area (TPSA) is 89.2 Å². The van der Waals surface area contributed by atoms with Crippen molar-refractivity contribution in [2.75, 3.05) is 18.8 Å². The van der Waals surface area contributed by atoms with E-state index in [-0.39, 0.29) is 5.92 Å². The van der Waals surface area contributed by atoms with Crippen LogP contribution in [0.1, 0.15) is 24.1 Å². The van der Waals surface area contributed by atoms with Crippen LogP contribution < -0.4 is 5.73 Å². The number of piperidine rings is 1. The molecule has 0 amide bonds. The molecule has 24 heavy (non-hydrogen) atoms. The van der Waals surface area contributed by atoms with Gasteiger partial charge < -0.3 is 5.73 Å². The van der Waals surface area contributed by atoms with Crippen LogP contribution in [0.25, 0.3) is 0 Å². The highest BCUT2D eigenvalue weighted by Gasteiger charge is 2.30. The highest BCUT2D eigenvalue weighted by molar-refractivity contribution is 7.89. The number of hydrogen-bond acceptors (Lipinski definition) is 5. The summed E-state index contributed by atoms with van der Waals surface area (Å²) in [7, 11) is -3.45. The highest BCUT2D eigenvalue weighted by atomic mass is 32.2. The van der Waals surface area contributed by atoms with Crippen LogP contribution in [0.2, 0.25) is 0 Å². The first kappa shape index (κ1) is 16.9. The molecule has 1 unspecified atom stereocenters. The number of hydrogen-bond donors (Lipinski definition) is 1. The Balaban J connectivity index is 1.75. The Bertz CT molecular complexity index is 806. The van der Waals surface area contributed by atoms with E-state index in [1.165, 1.54) is 0 Å². The third-order valence-electron chi connectivity index (χ3n) is 4.43. The van der Waals surface area contributed by atoms with Crippen molar-refractivity contribution in [2.45, 2.75) is 31.1 Å². The van der Waals surface area contributed by atoms with Crippen molar-refractivity contribution in [3.63, 3.8) is 0 Å². The molecule has 0 saturated carbocycles. The van der Waals surface area contributed by atoms with Crippen molar-refractivity contribution in [3.8, 4) is 0 Å². The first-order valence-corrected chi connectivity index (χ1v) is 9.53. The lowest BCUT2D eigenvalue weighted by Crippen LogP contribution is -2.40. The van der Waals surface area contributed by atoms with Crippen molar-refractivity contribution in [1.29, 1.82) is 0 Å². The van der Waals surface area contributed by atoms with Crippen LogP contribution >= 0.6 is 0 Å². The molecule has 0 bridgehead atoms. The molecule has 1 atom stereocenters. The molecule has 6 nitrogen and oxygen atoms in total. The first-order valence-electron chi connectivity index (χ1n) is 8.09. The van der Waals surface area contributed by atoms with E-state index in [9.17, 15) is 8.42 Å². The lowest BCUT2D eigenvalue weighted by molar-refractivity contribution is 0.264. The zero-order valence-electron chi connectivity index (χ0n) is 13.7. The number of rotatable bonds is 4. The molecule has 7 heteroatoms. The van der Waals surface area contributed by atoms with Gasteiger partial charge in [-0.2, -0.15) is 4.31 Å². The average molecular weight is 346 g/mol. The summed E-state index contributed by atoms with van der Waals surface area (Å²) in [5.41, 5.74) is 7.65. The molecule has 2 aromatic rings. The van der Waals surface area contributed by atoms with Crippen LogP contribution in [-0.2, 0) is 16.4 Å². The Labute approximate surface area is 142 Å². The van der Waals surface area contributed by atoms with Gasteiger partial charge in [-0.1, -0.05) is 17.7 Å². The van der Waals surface area contributed by atoms with Crippen molar-refractivity contribution >= 4 is 15.8 Å². The fourth-order valence-corrected chi connectivity index (χ4v) is 4.63. The summed E-state index contributed by atoms with van der Waals surface area (Å²) >= 11 is 0. The Kier molecular flexibility index (Phi) is 4.82. The minimum absolute atomic E-state index is 0.206. The fourth-order valence-electron chi connectivity index (χ4n) is 3.08. The lowest BCUT2D eigenvalue weighted by Gasteiger charge is -2.32. The van der Waals surface area contributed by atoms with Gasteiger partial charge in [0.15, 0.2) is 0 Å². The van der Waals surface area contributed by atoms with Crippen molar-refractivity contribution in [3.05, 3.63) is 47.9 Å². The van der Waals surface area contributed by atoms with Crippen molar-refractivity contribution in [2.24, 2.45) is 5.92 Å². The Hall–Kier alpha value is -1.99. The summed E-state index contributed by atoms with van der Waals surface area (Å²) in [6, 6.07) is 7.01. The average Bonchev–Trinajstić information content (AvgIpc) is 2.58. The molecule has 2 N–H and O–H groups in total. The van der Waals surface area contributed by atoms with Crippen molar-refractivity contribution < 1.29 is 8.42 Å². The Morgan fingerprint density at radius 1 is 1.21 bits per heavy atom. The second-order valence-corrected chi connectivity index (χ2v) is 8.21. The maximum Gasteiger partial charge on any atom is 0.243 e. The fraction of sp³-hybridized carbons (Fsp3) is 0.412. The quantitative estimate of drug-likeness (QED) is 0.915. The third kappa shape index (κ3) is 3.57. The third-order valence-corrected chi connectivity index (χ3v) is 6.31. The number of aryl methyl sites for hydroxylation is 1. The molecule has 1 aromatic carbocycles. The number of sulfonamides is 1. The molecule has 0 radical (unpaired) electrons. The van der Waals surface area contributed by atoms with E-state index in [4.69, 9.17) is 5.73 Å². The van der Waals surface area contributed by atoms with E-state index < -0.39 is 10.0 Å². The van der Waals surface area contributed by atoms with Crippen LogP contribution in [0.4, 0.5) is 5.82 Å². The number of benzene rings is 1. The van der Waals surface area contributed by atoms with E-state index in [0.29, 0.717) is 30.2 Å². The molecular weight excluding hydrogens is 324 g/mol. The summed E-state index contributed by atoms with van der Waals surface area (Å²) in [5.74, 6) is 0.633. The van der Waals surface area contributed by atoms with Gasteiger partial charge in [-0.3, -0.25) is 4.98 Å². The molecular formula is C17H22N4O2S. The molecule has 1 aliphatic rings. The van der Waals surface area contributed by atoms with Crippen LogP contribution in [0.3, 0.4) is 0 Å². The minimum atomic E-state index is -3.45. The molecule has 1 aliphatic heterocycles. The number of anilines is 1. The second-order valence-electron chi connectivity index (χ2n) is 6.28. The smallest absolute Gasteiger partial charge is 0.243 e. The van der Waals surface area contributed by atoms with E-state index in [2.05, 4.69) is 9.97 Å². The van der Waals surface area contributed by atoms with Gasteiger partial charge in [-0.25, -0.2) is 13.4 Å². The van der Waals surface area contributed by atoms with Crippen LogP contribution in [0.15, 0.2) is 41.6 Å². The minimum Gasteiger partial charge on any atom is -0.382 e. The number of nitrogen functional groups attached to an aromatic ring is 1. The molecule has 3 rings (SSSR count). The van der Waals surface area contributed by atoms with E-state index >= 15 is 0 Å². The maximum atomic E-state index is 12.8. The molecule has 1 aromatic heterocycles. The Morgan fingerprint density at radius 2 is 1.92 bits per heavy atom. The van der Waals surface area contributed by atoms with Gasteiger partial charge >= 0.3 is 0 Å². The molecule has 2 heterocycles. The second kappa shape index (κ2) is 6.86. The zero-order valence-corrected chi connectivity index (χ0v) is 14.5. The summed E-state index contributed by atoms with van der Waals surface area (Å²) in [6.07, 6.45) is 5.65. The molecule has 0 spiro atoms. The van der Waals surface area contributed by atoms with Gasteiger partial charge in [0, 0.05) is 25.5 Å². The number of nitrogens with zero attached hydrogens (tertiary/aromatic N) is 3. The van der Waals surface area contributed by atoms with Gasteiger partial charge in [0.25, 0.3) is 0 Å². The monoisotopic (exact) mass is 346 g/mol. The summed E-state index contributed by atoms with van der Waals surface area (Å²) in [6.45, 7) is 2.99. The maximum absolute atomic E-state index is 12.8. The van der Waals surface area contributed by atoms with Gasteiger partial charge in [-0.15, -0.1) is 0 Å². The first-order chi connectivity index (χ1) is 11.5. The van der Waals surface area contributed by atoms with Crippen molar-refractivity contribution in [1.82, 2.24) is 14.3 Å². The van der Waals surface area contributed by atoms with E-state index in [1.807, 2.05) is 19.1 Å². The zero-order chi connectivity index (χ0) is 17.2. The predicted octanol–water partition coefficient (Wildman–Crippen LogP) is 2.01. The molecule has 1 fully saturated rings. The van der Waals surface area contributed by atoms with Gasteiger partial charge in [0.2, 0.25) is 10.0 Å². The number of aromatic nitrogens is 2. The van der Waals surface area contributed by atoms with Crippen LogP contribution in [0, 0.1) is 12.8 Å². The summed E-state index contributed by atoms with van der Waals surface area (Å²) < 4.78 is 27.3. The standard InChI is InChI=1S/C17H22N4O2S/c1-13-4-6-15(7-5-13)24(22,23)21-10-2-3-14(12-21)11-16-17(18)20-9-8-19-16/h4-9,14H,2-3,10-12H2,1H3,(H2,18,20). The van der Waals surface area contributed by atoms with Crippen LogP contribution in [-0.4, -0.2) is 35.8 Å². The molecule has 1 saturated heterocycles. The van der Waals surface area contributed by atoms with E-state index in [1.54, 1.807) is 28.8 Å². The van der Waals surface area contributed by atoms with Gasteiger partial charge in [0.05, 0.1) is 10.6 Å². The summed E-state index contributed by atoms with van der Waals surface area (Å²) in [4.78, 5) is 8.68. The van der Waals surface area contributed by atoms with E-state index in [0.717, 1.165) is 24.1 Å².